The summed E-state index contributed by atoms with van der Waals surface area (Å²) in [6.45, 7) is 0.147. The minimum Gasteiger partial charge on any atom is -0.387 e. The number of benzene rings is 3. The van der Waals surface area contributed by atoms with E-state index in [1.54, 1.807) is 12.3 Å². The highest BCUT2D eigenvalue weighted by atomic mass is 16.3. The van der Waals surface area contributed by atoms with Gasteiger partial charge in [0.25, 0.3) is 5.91 Å². The summed E-state index contributed by atoms with van der Waals surface area (Å²) in [5, 5.41) is 16.3. The van der Waals surface area contributed by atoms with E-state index in [2.05, 4.69) is 10.3 Å². The third-order valence-electron chi connectivity index (χ3n) is 4.50. The number of pyridine rings is 1. The van der Waals surface area contributed by atoms with E-state index < -0.39 is 6.10 Å². The summed E-state index contributed by atoms with van der Waals surface area (Å²) in [5.74, 6) is -0.219. The number of aromatic nitrogens is 1. The second-order valence-electron chi connectivity index (χ2n) is 6.21. The number of nitrogens with one attached hydrogen (secondary N) is 1. The number of amides is 1. The van der Waals surface area contributed by atoms with Crippen LogP contribution >= 0.6 is 0 Å². The minimum absolute atomic E-state index is 0.147. The van der Waals surface area contributed by atoms with Crippen molar-refractivity contribution >= 4 is 27.6 Å². The number of nitrogens with zero attached hydrogens (tertiary/aromatic N) is 1. The third-order valence-corrected chi connectivity index (χ3v) is 4.50. The lowest BCUT2D eigenvalue weighted by Crippen LogP contribution is -2.28. The topological polar surface area (TPSA) is 62.2 Å². The van der Waals surface area contributed by atoms with Gasteiger partial charge in [-0.1, -0.05) is 48.5 Å². The summed E-state index contributed by atoms with van der Waals surface area (Å²) >= 11 is 0. The Bertz CT molecular complexity index is 1090. The molecule has 4 rings (SSSR count). The van der Waals surface area contributed by atoms with Crippen molar-refractivity contribution in [3.8, 4) is 0 Å². The summed E-state index contributed by atoms with van der Waals surface area (Å²) in [6, 6.07) is 22.9. The highest BCUT2D eigenvalue weighted by molar-refractivity contribution is 6.06. The molecule has 1 aromatic heterocycles. The molecule has 4 nitrogen and oxygen atoms in total. The van der Waals surface area contributed by atoms with Gasteiger partial charge >= 0.3 is 0 Å². The van der Waals surface area contributed by atoms with Gasteiger partial charge in [-0.15, -0.1) is 0 Å². The van der Waals surface area contributed by atoms with Gasteiger partial charge in [-0.3, -0.25) is 9.78 Å². The lowest BCUT2D eigenvalue weighted by atomic mass is 10.0. The van der Waals surface area contributed by atoms with E-state index in [0.29, 0.717) is 5.56 Å². The van der Waals surface area contributed by atoms with E-state index in [1.165, 1.54) is 0 Å². The first-order valence-electron chi connectivity index (χ1n) is 8.51. The third kappa shape index (κ3) is 3.15. The second-order valence-corrected chi connectivity index (χ2v) is 6.21. The van der Waals surface area contributed by atoms with Gasteiger partial charge in [0.05, 0.1) is 11.6 Å². The molecule has 0 bridgehead atoms. The maximum absolute atomic E-state index is 12.6. The lowest BCUT2D eigenvalue weighted by molar-refractivity contribution is 0.0918. The van der Waals surface area contributed by atoms with Gasteiger partial charge < -0.3 is 10.4 Å². The molecule has 0 saturated carbocycles. The van der Waals surface area contributed by atoms with E-state index in [0.717, 1.165) is 27.2 Å². The average molecular weight is 342 g/mol. The van der Waals surface area contributed by atoms with Crippen LogP contribution in [0, 0.1) is 0 Å². The van der Waals surface area contributed by atoms with Crippen LogP contribution in [0.1, 0.15) is 22.0 Å². The molecule has 128 valence electrons. The standard InChI is InChI=1S/C22H18N2O2/c25-21(17-11-10-15-5-1-2-6-16(15)13-17)14-24-22(26)19-7-3-9-20-18(19)8-4-12-23-20/h1-13,21,25H,14H2,(H,24,26). The fraction of sp³-hybridized carbons (Fsp3) is 0.0909. The highest BCUT2D eigenvalue weighted by Gasteiger charge is 2.13. The fourth-order valence-electron chi connectivity index (χ4n) is 3.12. The molecule has 3 aromatic carbocycles. The van der Waals surface area contributed by atoms with Crippen molar-refractivity contribution in [2.24, 2.45) is 0 Å². The molecule has 0 fully saturated rings. The molecule has 1 unspecified atom stereocenters. The zero-order chi connectivity index (χ0) is 17.9. The molecular formula is C22H18N2O2. The molecule has 4 aromatic rings. The number of carbonyl (C=O) groups excluding carboxylic acids is 1. The maximum Gasteiger partial charge on any atom is 0.252 e. The number of carbonyl (C=O) groups is 1. The monoisotopic (exact) mass is 342 g/mol. The zero-order valence-corrected chi connectivity index (χ0v) is 14.1. The van der Waals surface area contributed by atoms with Crippen molar-refractivity contribution in [2.45, 2.75) is 6.10 Å². The SMILES string of the molecule is O=C(NCC(O)c1ccc2ccccc2c1)c1cccc2ncccc12. The van der Waals surface area contributed by atoms with Crippen molar-refractivity contribution in [3.63, 3.8) is 0 Å². The van der Waals surface area contributed by atoms with Crippen LogP contribution in [0.2, 0.25) is 0 Å². The molecular weight excluding hydrogens is 324 g/mol. The first-order valence-corrected chi connectivity index (χ1v) is 8.51. The van der Waals surface area contributed by atoms with E-state index in [-0.39, 0.29) is 12.5 Å². The summed E-state index contributed by atoms with van der Waals surface area (Å²) in [5.41, 5.74) is 2.11. The Labute approximate surface area is 151 Å². The van der Waals surface area contributed by atoms with E-state index >= 15 is 0 Å². The number of fused-ring (bicyclic) bond motifs is 2. The quantitative estimate of drug-likeness (QED) is 0.592. The van der Waals surface area contributed by atoms with Gasteiger partial charge in [0.2, 0.25) is 0 Å². The van der Waals surface area contributed by atoms with Crippen LogP contribution in [0.25, 0.3) is 21.7 Å². The van der Waals surface area contributed by atoms with Crippen molar-refractivity contribution in [1.82, 2.24) is 10.3 Å². The molecule has 0 aliphatic carbocycles. The Morgan fingerprint density at radius 3 is 2.69 bits per heavy atom. The van der Waals surface area contributed by atoms with E-state index in [9.17, 15) is 9.90 Å². The van der Waals surface area contributed by atoms with Crippen LogP contribution in [0.3, 0.4) is 0 Å². The number of hydrogen-bond acceptors (Lipinski definition) is 3. The number of hydrogen-bond donors (Lipinski definition) is 2. The van der Waals surface area contributed by atoms with Crippen molar-refractivity contribution in [1.29, 1.82) is 0 Å². The summed E-state index contributed by atoms with van der Waals surface area (Å²) < 4.78 is 0. The van der Waals surface area contributed by atoms with Crippen LogP contribution in [0.5, 0.6) is 0 Å². The van der Waals surface area contributed by atoms with Crippen molar-refractivity contribution in [3.05, 3.63) is 90.1 Å². The normalized spacial score (nSPS) is 12.2. The molecule has 0 aliphatic heterocycles. The summed E-state index contributed by atoms with van der Waals surface area (Å²) in [7, 11) is 0. The van der Waals surface area contributed by atoms with Crippen LogP contribution in [0.4, 0.5) is 0 Å². The van der Waals surface area contributed by atoms with Crippen molar-refractivity contribution < 1.29 is 9.90 Å². The Kier molecular flexibility index (Phi) is 4.33. The first kappa shape index (κ1) is 16.2. The number of rotatable bonds is 4. The molecule has 1 atom stereocenters. The Morgan fingerprint density at radius 1 is 0.962 bits per heavy atom. The Hall–Kier alpha value is -3.24. The van der Waals surface area contributed by atoms with Gasteiger partial charge in [0.1, 0.15) is 0 Å². The van der Waals surface area contributed by atoms with Crippen LogP contribution in [-0.4, -0.2) is 22.5 Å². The minimum atomic E-state index is -0.767. The highest BCUT2D eigenvalue weighted by Crippen LogP contribution is 2.21. The molecule has 0 radical (unpaired) electrons. The van der Waals surface area contributed by atoms with Gasteiger partial charge in [0.15, 0.2) is 0 Å². The molecule has 26 heavy (non-hydrogen) atoms. The predicted octanol–water partition coefficient (Wildman–Crippen LogP) is 3.85. The Morgan fingerprint density at radius 2 is 1.81 bits per heavy atom. The van der Waals surface area contributed by atoms with Crippen LogP contribution in [0.15, 0.2) is 79.0 Å². The number of aliphatic hydroxyl groups is 1. The molecule has 2 N–H and O–H groups in total. The van der Waals surface area contributed by atoms with Gasteiger partial charge in [-0.25, -0.2) is 0 Å². The fourth-order valence-corrected chi connectivity index (χ4v) is 3.12. The second kappa shape index (κ2) is 6.94. The molecule has 0 aliphatic rings. The Balaban J connectivity index is 1.51. The lowest BCUT2D eigenvalue weighted by Gasteiger charge is -2.14. The maximum atomic E-state index is 12.6. The summed E-state index contributed by atoms with van der Waals surface area (Å²) in [4.78, 5) is 16.8. The largest absolute Gasteiger partial charge is 0.387 e. The molecule has 4 heteroatoms. The van der Waals surface area contributed by atoms with Crippen molar-refractivity contribution in [2.75, 3.05) is 6.54 Å². The van der Waals surface area contributed by atoms with E-state index in [1.807, 2.05) is 66.7 Å². The van der Waals surface area contributed by atoms with Crippen LogP contribution in [-0.2, 0) is 0 Å². The van der Waals surface area contributed by atoms with Crippen LogP contribution < -0.4 is 5.32 Å². The van der Waals surface area contributed by atoms with E-state index in [4.69, 9.17) is 0 Å². The first-order chi connectivity index (χ1) is 12.7. The smallest absolute Gasteiger partial charge is 0.252 e. The molecule has 0 spiro atoms. The average Bonchev–Trinajstić information content (AvgIpc) is 2.71. The van der Waals surface area contributed by atoms with Gasteiger partial charge in [-0.2, -0.15) is 0 Å². The molecule has 1 amide bonds. The zero-order valence-electron chi connectivity index (χ0n) is 14.1. The van der Waals surface area contributed by atoms with Gasteiger partial charge in [0, 0.05) is 23.7 Å². The predicted molar refractivity (Wildman–Crippen MR) is 103 cm³/mol. The van der Waals surface area contributed by atoms with Gasteiger partial charge in [-0.05, 0) is 40.6 Å². The molecule has 0 saturated heterocycles. The molecule has 1 heterocycles. The summed E-state index contributed by atoms with van der Waals surface area (Å²) in [6.07, 6.45) is 0.935. The number of aliphatic hydroxyl groups excluding tert-OH is 1.